The average molecular weight is 362 g/mol. The van der Waals surface area contributed by atoms with Gasteiger partial charge in [-0.1, -0.05) is 12.1 Å². The summed E-state index contributed by atoms with van der Waals surface area (Å²) in [6.07, 6.45) is 2.24. The fourth-order valence-electron chi connectivity index (χ4n) is 3.58. The lowest BCUT2D eigenvalue weighted by Gasteiger charge is -2.25. The first kappa shape index (κ1) is 18.6. The number of halogens is 1. The molecule has 2 aliphatic rings. The molecule has 142 valence electrons. The third-order valence-corrected chi connectivity index (χ3v) is 5.04. The van der Waals surface area contributed by atoms with Crippen molar-refractivity contribution in [2.24, 2.45) is 10.4 Å². The summed E-state index contributed by atoms with van der Waals surface area (Å²) in [5.41, 5.74) is 0.334. The molecule has 6 nitrogen and oxygen atoms in total. The number of aliphatic imine (C=N–C) groups is 1. The predicted molar refractivity (Wildman–Crippen MR) is 98.8 cm³/mol. The number of amides is 1. The third-order valence-electron chi connectivity index (χ3n) is 5.04. The van der Waals surface area contributed by atoms with E-state index in [0.29, 0.717) is 13.1 Å². The summed E-state index contributed by atoms with van der Waals surface area (Å²) in [6, 6.07) is 5.98. The Morgan fingerprint density at radius 1 is 1.35 bits per heavy atom. The molecule has 1 atom stereocenters. The second kappa shape index (κ2) is 8.49. The maximum atomic E-state index is 13.6. The molecule has 26 heavy (non-hydrogen) atoms. The minimum Gasteiger partial charge on any atom is -0.381 e. The molecule has 0 aromatic heterocycles. The van der Waals surface area contributed by atoms with Gasteiger partial charge in [-0.25, -0.2) is 4.39 Å². The van der Waals surface area contributed by atoms with Gasteiger partial charge in [-0.05, 0) is 31.9 Å². The standard InChI is InChI=1S/C19H27FN4O2/c1-2-21-18(24-11-7-19(13-24)8-12-26-14-19)23-10-9-22-17(25)15-5-3-4-6-16(15)20/h3-6H,2,7-14H2,1H3,(H,21,23)(H,22,25). The van der Waals surface area contributed by atoms with Gasteiger partial charge in [0.15, 0.2) is 5.96 Å². The van der Waals surface area contributed by atoms with E-state index in [-0.39, 0.29) is 11.0 Å². The van der Waals surface area contributed by atoms with E-state index in [9.17, 15) is 9.18 Å². The van der Waals surface area contributed by atoms with E-state index < -0.39 is 11.7 Å². The zero-order valence-corrected chi connectivity index (χ0v) is 15.3. The van der Waals surface area contributed by atoms with Gasteiger partial charge in [0.05, 0.1) is 18.7 Å². The van der Waals surface area contributed by atoms with E-state index in [1.54, 1.807) is 12.1 Å². The Kier molecular flexibility index (Phi) is 6.08. The van der Waals surface area contributed by atoms with E-state index in [1.165, 1.54) is 12.1 Å². The largest absolute Gasteiger partial charge is 0.381 e. The smallest absolute Gasteiger partial charge is 0.254 e. The Morgan fingerprint density at radius 2 is 2.19 bits per heavy atom. The highest BCUT2D eigenvalue weighted by atomic mass is 19.1. The Morgan fingerprint density at radius 3 is 2.92 bits per heavy atom. The lowest BCUT2D eigenvalue weighted by Crippen LogP contribution is -2.42. The monoisotopic (exact) mass is 362 g/mol. The minimum absolute atomic E-state index is 0.0612. The Balaban J connectivity index is 1.52. The van der Waals surface area contributed by atoms with Gasteiger partial charge in [0.2, 0.25) is 0 Å². The Hall–Kier alpha value is -2.15. The normalized spacial score (nSPS) is 22.8. The van der Waals surface area contributed by atoms with Gasteiger partial charge in [-0.15, -0.1) is 0 Å². The van der Waals surface area contributed by atoms with E-state index in [2.05, 4.69) is 20.5 Å². The molecule has 0 bridgehead atoms. The lowest BCUT2D eigenvalue weighted by atomic mass is 9.87. The molecule has 3 rings (SSSR count). The molecule has 2 aliphatic heterocycles. The van der Waals surface area contributed by atoms with Crippen molar-refractivity contribution in [2.75, 3.05) is 45.9 Å². The number of carbonyl (C=O) groups is 1. The fraction of sp³-hybridized carbons (Fsp3) is 0.579. The molecule has 2 saturated heterocycles. The third kappa shape index (κ3) is 4.33. The summed E-state index contributed by atoms with van der Waals surface area (Å²) in [5, 5.41) is 6.05. The molecule has 2 heterocycles. The van der Waals surface area contributed by atoms with Crippen LogP contribution in [0.15, 0.2) is 29.3 Å². The van der Waals surface area contributed by atoms with Crippen LogP contribution in [0, 0.1) is 11.2 Å². The minimum atomic E-state index is -0.511. The summed E-state index contributed by atoms with van der Waals surface area (Å²) in [4.78, 5) is 18.9. The Bertz CT molecular complexity index is 659. The number of likely N-dealkylation sites (tertiary alicyclic amines) is 1. The molecule has 2 fully saturated rings. The van der Waals surface area contributed by atoms with Crippen LogP contribution in [0.3, 0.4) is 0 Å². The maximum absolute atomic E-state index is 13.6. The highest BCUT2D eigenvalue weighted by Crippen LogP contribution is 2.38. The van der Waals surface area contributed by atoms with Gasteiger partial charge in [0, 0.05) is 38.2 Å². The first-order chi connectivity index (χ1) is 12.6. The van der Waals surface area contributed by atoms with Gasteiger partial charge < -0.3 is 20.3 Å². The van der Waals surface area contributed by atoms with Crippen LogP contribution in [-0.4, -0.2) is 62.7 Å². The quantitative estimate of drug-likeness (QED) is 0.475. The summed E-state index contributed by atoms with van der Waals surface area (Å²) >= 11 is 0. The van der Waals surface area contributed by atoms with Crippen LogP contribution in [-0.2, 0) is 4.74 Å². The van der Waals surface area contributed by atoms with Crippen LogP contribution in [0.4, 0.5) is 4.39 Å². The zero-order valence-electron chi connectivity index (χ0n) is 15.3. The van der Waals surface area contributed by atoms with Crippen LogP contribution in [0.2, 0.25) is 0 Å². The number of rotatable bonds is 5. The number of hydrogen-bond donors (Lipinski definition) is 2. The molecule has 1 unspecified atom stereocenters. The number of carbonyl (C=O) groups excluding carboxylic acids is 1. The summed E-state index contributed by atoms with van der Waals surface area (Å²) in [6.45, 7) is 7.26. The van der Waals surface area contributed by atoms with Crippen molar-refractivity contribution >= 4 is 11.9 Å². The zero-order chi connectivity index (χ0) is 18.4. The van der Waals surface area contributed by atoms with Gasteiger partial charge in [0.25, 0.3) is 5.91 Å². The van der Waals surface area contributed by atoms with Crippen molar-refractivity contribution in [1.82, 2.24) is 15.5 Å². The average Bonchev–Trinajstić information content (AvgIpc) is 3.28. The van der Waals surface area contributed by atoms with Gasteiger partial charge in [-0.2, -0.15) is 0 Å². The number of ether oxygens (including phenoxy) is 1. The highest BCUT2D eigenvalue weighted by Gasteiger charge is 2.42. The van der Waals surface area contributed by atoms with E-state index in [1.807, 2.05) is 6.92 Å². The van der Waals surface area contributed by atoms with Crippen molar-refractivity contribution in [3.63, 3.8) is 0 Å². The number of hydrogen-bond acceptors (Lipinski definition) is 3. The van der Waals surface area contributed by atoms with Crippen LogP contribution in [0.5, 0.6) is 0 Å². The van der Waals surface area contributed by atoms with Crippen molar-refractivity contribution in [3.8, 4) is 0 Å². The maximum Gasteiger partial charge on any atom is 0.254 e. The van der Waals surface area contributed by atoms with Gasteiger partial charge in [0.1, 0.15) is 5.82 Å². The van der Waals surface area contributed by atoms with E-state index in [0.717, 1.165) is 51.6 Å². The van der Waals surface area contributed by atoms with Gasteiger partial charge >= 0.3 is 0 Å². The molecule has 0 aliphatic carbocycles. The SMILES string of the molecule is CCNC(=NCCNC(=O)c1ccccc1F)N1CCC2(CCOC2)C1. The first-order valence-electron chi connectivity index (χ1n) is 9.27. The topological polar surface area (TPSA) is 66.0 Å². The number of nitrogens with zero attached hydrogens (tertiary/aromatic N) is 2. The second-order valence-corrected chi connectivity index (χ2v) is 6.95. The summed E-state index contributed by atoms with van der Waals surface area (Å²) in [5.74, 6) is -0.0501. The van der Waals surface area contributed by atoms with Crippen LogP contribution in [0.1, 0.15) is 30.1 Å². The second-order valence-electron chi connectivity index (χ2n) is 6.95. The molecule has 0 saturated carbocycles. The number of nitrogens with one attached hydrogen (secondary N) is 2. The molecule has 1 spiro atoms. The number of benzene rings is 1. The van der Waals surface area contributed by atoms with E-state index in [4.69, 9.17) is 4.74 Å². The van der Waals surface area contributed by atoms with Crippen molar-refractivity contribution in [3.05, 3.63) is 35.6 Å². The molecular weight excluding hydrogens is 335 g/mol. The summed E-state index contributed by atoms with van der Waals surface area (Å²) < 4.78 is 19.2. The lowest BCUT2D eigenvalue weighted by molar-refractivity contribution is 0.0950. The first-order valence-corrected chi connectivity index (χ1v) is 9.27. The fourth-order valence-corrected chi connectivity index (χ4v) is 3.58. The van der Waals surface area contributed by atoms with Crippen LogP contribution in [0.25, 0.3) is 0 Å². The number of guanidine groups is 1. The molecule has 1 aromatic rings. The molecule has 1 aromatic carbocycles. The van der Waals surface area contributed by atoms with Crippen molar-refractivity contribution in [1.29, 1.82) is 0 Å². The highest BCUT2D eigenvalue weighted by molar-refractivity contribution is 5.94. The van der Waals surface area contributed by atoms with Crippen molar-refractivity contribution < 1.29 is 13.9 Å². The molecule has 7 heteroatoms. The van der Waals surface area contributed by atoms with E-state index >= 15 is 0 Å². The molecule has 0 radical (unpaired) electrons. The predicted octanol–water partition coefficient (Wildman–Crippen LogP) is 1.63. The van der Waals surface area contributed by atoms with Crippen LogP contribution >= 0.6 is 0 Å². The molecule has 2 N–H and O–H groups in total. The summed E-state index contributed by atoms with van der Waals surface area (Å²) in [7, 11) is 0. The molecular formula is C19H27FN4O2. The van der Waals surface area contributed by atoms with Crippen LogP contribution < -0.4 is 10.6 Å². The Labute approximate surface area is 153 Å². The van der Waals surface area contributed by atoms with Gasteiger partial charge in [-0.3, -0.25) is 9.79 Å². The van der Waals surface area contributed by atoms with Crippen molar-refractivity contribution in [2.45, 2.75) is 19.8 Å². The molecule has 1 amide bonds.